The molecule has 1 fully saturated rings. The van der Waals surface area contributed by atoms with Gasteiger partial charge in [0.15, 0.2) is 0 Å². The SMILES string of the molecule is O=C1NC2=CC(OC(F)(F)F)=CCC2=Cc2ccc(-c3ccnc(N4CCOCC4)c3)cc21. The summed E-state index contributed by atoms with van der Waals surface area (Å²) >= 11 is 0. The lowest BCUT2D eigenvalue weighted by atomic mass is 9.97. The second kappa shape index (κ2) is 8.40. The predicted molar refractivity (Wildman–Crippen MR) is 116 cm³/mol. The molecule has 5 rings (SSSR count). The molecule has 2 aromatic rings. The van der Waals surface area contributed by atoms with Gasteiger partial charge in [0.1, 0.15) is 11.6 Å². The van der Waals surface area contributed by atoms with Gasteiger partial charge in [-0.05, 0) is 59.0 Å². The van der Waals surface area contributed by atoms with Crippen molar-refractivity contribution in [2.45, 2.75) is 12.8 Å². The number of rotatable bonds is 3. The van der Waals surface area contributed by atoms with Crippen molar-refractivity contribution in [1.82, 2.24) is 10.3 Å². The van der Waals surface area contributed by atoms with Crippen molar-refractivity contribution in [3.05, 3.63) is 76.8 Å². The first-order valence-corrected chi connectivity index (χ1v) is 10.5. The molecule has 1 aromatic carbocycles. The van der Waals surface area contributed by atoms with Gasteiger partial charge in [0, 0.05) is 36.6 Å². The van der Waals surface area contributed by atoms with E-state index in [2.05, 4.69) is 19.9 Å². The Kier molecular flexibility index (Phi) is 5.41. The van der Waals surface area contributed by atoms with Gasteiger partial charge in [0.05, 0.1) is 13.2 Å². The topological polar surface area (TPSA) is 63.7 Å². The summed E-state index contributed by atoms with van der Waals surface area (Å²) < 4.78 is 47.2. The number of hydrogen-bond donors (Lipinski definition) is 1. The van der Waals surface area contributed by atoms with Crippen LogP contribution in [0.5, 0.6) is 0 Å². The number of amides is 1. The first-order valence-electron chi connectivity index (χ1n) is 10.5. The van der Waals surface area contributed by atoms with Crippen LogP contribution >= 0.6 is 0 Å². The number of ether oxygens (including phenoxy) is 2. The fourth-order valence-electron chi connectivity index (χ4n) is 4.07. The van der Waals surface area contributed by atoms with Gasteiger partial charge in [-0.1, -0.05) is 12.1 Å². The van der Waals surface area contributed by atoms with Crippen LogP contribution in [0.1, 0.15) is 22.3 Å². The lowest BCUT2D eigenvalue weighted by Crippen LogP contribution is -2.36. The van der Waals surface area contributed by atoms with E-state index in [1.807, 2.05) is 30.3 Å². The zero-order valence-corrected chi connectivity index (χ0v) is 17.5. The number of carbonyl (C=O) groups excluding carboxylic acids is 1. The first-order chi connectivity index (χ1) is 15.9. The molecule has 0 spiro atoms. The van der Waals surface area contributed by atoms with Gasteiger partial charge >= 0.3 is 6.36 Å². The second-order valence-electron chi connectivity index (χ2n) is 7.84. The van der Waals surface area contributed by atoms with Crippen LogP contribution in [-0.2, 0) is 9.47 Å². The Bertz CT molecular complexity index is 1190. The summed E-state index contributed by atoms with van der Waals surface area (Å²) in [6, 6.07) is 9.42. The number of anilines is 1. The van der Waals surface area contributed by atoms with Crippen LogP contribution in [0.3, 0.4) is 0 Å². The number of halogens is 3. The van der Waals surface area contributed by atoms with Crippen LogP contribution in [0.15, 0.2) is 65.7 Å². The quantitative estimate of drug-likeness (QED) is 0.743. The Morgan fingerprint density at radius 2 is 1.85 bits per heavy atom. The minimum Gasteiger partial charge on any atom is -0.406 e. The molecule has 170 valence electrons. The fourth-order valence-corrected chi connectivity index (χ4v) is 4.07. The van der Waals surface area contributed by atoms with Crippen LogP contribution in [0, 0.1) is 0 Å². The summed E-state index contributed by atoms with van der Waals surface area (Å²) in [6.45, 7) is 2.83. The van der Waals surface area contributed by atoms with E-state index < -0.39 is 6.36 Å². The zero-order valence-electron chi connectivity index (χ0n) is 17.5. The molecule has 0 unspecified atom stereocenters. The van der Waals surface area contributed by atoms with Crippen molar-refractivity contribution in [1.29, 1.82) is 0 Å². The van der Waals surface area contributed by atoms with Gasteiger partial charge < -0.3 is 19.7 Å². The molecule has 1 aliphatic carbocycles. The van der Waals surface area contributed by atoms with Crippen molar-refractivity contribution in [3.8, 4) is 11.1 Å². The Balaban J connectivity index is 1.43. The van der Waals surface area contributed by atoms with E-state index in [1.165, 1.54) is 12.2 Å². The molecule has 9 heteroatoms. The number of nitrogens with zero attached hydrogens (tertiary/aromatic N) is 2. The fraction of sp³-hybridized carbons (Fsp3) is 0.250. The molecule has 0 radical (unpaired) electrons. The number of morpholine rings is 1. The highest BCUT2D eigenvalue weighted by Gasteiger charge is 2.33. The third-order valence-electron chi connectivity index (χ3n) is 5.68. The van der Waals surface area contributed by atoms with E-state index in [0.717, 1.165) is 30.0 Å². The van der Waals surface area contributed by atoms with E-state index >= 15 is 0 Å². The van der Waals surface area contributed by atoms with Gasteiger partial charge in [0.25, 0.3) is 5.91 Å². The molecule has 2 aliphatic heterocycles. The maximum Gasteiger partial charge on any atom is 0.573 e. The standard InChI is InChI=1S/C24H20F3N3O3/c25-24(26,27)33-19-4-3-18-11-17-2-1-15(12-20(17)23(31)29-21(18)14-19)16-5-6-28-22(13-16)30-7-9-32-10-8-30/h1-2,4-6,11-14H,3,7-10H2,(H,29,31). The Morgan fingerprint density at radius 3 is 2.64 bits per heavy atom. The third kappa shape index (κ3) is 4.63. The van der Waals surface area contributed by atoms with E-state index in [-0.39, 0.29) is 18.1 Å². The summed E-state index contributed by atoms with van der Waals surface area (Å²) in [7, 11) is 0. The maximum atomic E-state index is 12.9. The molecule has 0 saturated carbocycles. The molecule has 3 heterocycles. The predicted octanol–water partition coefficient (Wildman–Crippen LogP) is 4.42. The molecule has 1 aromatic heterocycles. The minimum atomic E-state index is -4.79. The molecule has 0 bridgehead atoms. The van der Waals surface area contributed by atoms with Crippen LogP contribution in [-0.4, -0.2) is 43.6 Å². The zero-order chi connectivity index (χ0) is 23.0. The summed E-state index contributed by atoms with van der Waals surface area (Å²) in [4.78, 5) is 19.6. The molecular formula is C24H20F3N3O3. The van der Waals surface area contributed by atoms with Gasteiger partial charge in [-0.2, -0.15) is 0 Å². The summed E-state index contributed by atoms with van der Waals surface area (Å²) in [5.74, 6) is 0.117. The Morgan fingerprint density at radius 1 is 1.06 bits per heavy atom. The van der Waals surface area contributed by atoms with Gasteiger partial charge in [-0.15, -0.1) is 13.2 Å². The number of allylic oxidation sites excluding steroid dienone is 3. The summed E-state index contributed by atoms with van der Waals surface area (Å²) in [5, 5.41) is 2.73. The number of aromatic nitrogens is 1. The summed E-state index contributed by atoms with van der Waals surface area (Å²) in [6.07, 6.45) is 1.52. The minimum absolute atomic E-state index is 0.214. The molecule has 1 saturated heterocycles. The van der Waals surface area contributed by atoms with Crippen molar-refractivity contribution in [2.75, 3.05) is 31.2 Å². The average molecular weight is 455 g/mol. The highest BCUT2D eigenvalue weighted by atomic mass is 19.4. The third-order valence-corrected chi connectivity index (χ3v) is 5.68. The largest absolute Gasteiger partial charge is 0.573 e. The molecule has 3 aliphatic rings. The summed E-state index contributed by atoms with van der Waals surface area (Å²) in [5.41, 5.74) is 3.92. The normalized spacial score (nSPS) is 18.2. The van der Waals surface area contributed by atoms with Crippen molar-refractivity contribution in [3.63, 3.8) is 0 Å². The van der Waals surface area contributed by atoms with Gasteiger partial charge in [-0.3, -0.25) is 4.79 Å². The van der Waals surface area contributed by atoms with Crippen LogP contribution in [0.2, 0.25) is 0 Å². The van der Waals surface area contributed by atoms with Gasteiger partial charge in [0.2, 0.25) is 0 Å². The molecule has 1 amide bonds. The number of alkyl halides is 3. The molecule has 0 atom stereocenters. The Hall–Kier alpha value is -3.59. The number of pyridine rings is 1. The van der Waals surface area contributed by atoms with Gasteiger partial charge in [-0.25, -0.2) is 4.98 Å². The number of hydrogen-bond acceptors (Lipinski definition) is 5. The smallest absolute Gasteiger partial charge is 0.406 e. The van der Waals surface area contributed by atoms with E-state index in [9.17, 15) is 18.0 Å². The van der Waals surface area contributed by atoms with E-state index in [4.69, 9.17) is 4.74 Å². The van der Waals surface area contributed by atoms with Crippen molar-refractivity contribution < 1.29 is 27.4 Å². The monoisotopic (exact) mass is 455 g/mol. The van der Waals surface area contributed by atoms with Crippen LogP contribution in [0.25, 0.3) is 17.2 Å². The maximum absolute atomic E-state index is 12.9. The van der Waals surface area contributed by atoms with E-state index in [1.54, 1.807) is 12.3 Å². The number of nitrogens with one attached hydrogen (secondary N) is 1. The average Bonchev–Trinajstić information content (AvgIpc) is 2.94. The number of fused-ring (bicyclic) bond motifs is 2. The Labute approximate surface area is 188 Å². The van der Waals surface area contributed by atoms with Crippen LogP contribution in [0.4, 0.5) is 19.0 Å². The second-order valence-corrected chi connectivity index (χ2v) is 7.84. The lowest BCUT2D eigenvalue weighted by Gasteiger charge is -2.28. The molecule has 33 heavy (non-hydrogen) atoms. The van der Waals surface area contributed by atoms with Crippen molar-refractivity contribution in [2.24, 2.45) is 0 Å². The van der Waals surface area contributed by atoms with Crippen molar-refractivity contribution >= 4 is 17.8 Å². The number of carbonyl (C=O) groups is 1. The lowest BCUT2D eigenvalue weighted by molar-refractivity contribution is -0.303. The number of benzene rings is 1. The molecular weight excluding hydrogens is 435 g/mol. The highest BCUT2D eigenvalue weighted by molar-refractivity contribution is 6.02. The molecule has 6 nitrogen and oxygen atoms in total. The highest BCUT2D eigenvalue weighted by Crippen LogP contribution is 2.33. The first kappa shape index (κ1) is 21.3. The van der Waals surface area contributed by atoms with Crippen LogP contribution < -0.4 is 10.2 Å². The molecule has 1 N–H and O–H groups in total. The van der Waals surface area contributed by atoms with E-state index in [0.29, 0.717) is 35.6 Å².